The summed E-state index contributed by atoms with van der Waals surface area (Å²) in [5.41, 5.74) is 0.955. The molecule has 0 saturated heterocycles. The van der Waals surface area contributed by atoms with Crippen molar-refractivity contribution in [1.29, 1.82) is 0 Å². The van der Waals surface area contributed by atoms with E-state index in [4.69, 9.17) is 4.74 Å². The molecule has 0 aliphatic rings. The number of aromatic nitrogens is 2. The topological polar surface area (TPSA) is 27.1 Å². The maximum atomic E-state index is 12.8. The Labute approximate surface area is 101 Å². The molecule has 3 nitrogen and oxygen atoms in total. The van der Waals surface area contributed by atoms with Crippen molar-refractivity contribution in [3.8, 4) is 5.75 Å². The van der Waals surface area contributed by atoms with Crippen molar-refractivity contribution in [3.05, 3.63) is 46.7 Å². The summed E-state index contributed by atoms with van der Waals surface area (Å²) in [5, 5.41) is 0. The van der Waals surface area contributed by atoms with Crippen LogP contribution in [0.15, 0.2) is 35.2 Å². The largest absolute Gasteiger partial charge is 0.486 e. The molecular formula is C11H10BrFN2O. The van der Waals surface area contributed by atoms with E-state index in [-0.39, 0.29) is 5.82 Å². The van der Waals surface area contributed by atoms with Crippen molar-refractivity contribution in [1.82, 2.24) is 9.55 Å². The van der Waals surface area contributed by atoms with Crippen molar-refractivity contribution < 1.29 is 9.13 Å². The molecule has 0 saturated carbocycles. The van der Waals surface area contributed by atoms with E-state index in [1.165, 1.54) is 12.1 Å². The minimum Gasteiger partial charge on any atom is -0.486 e. The van der Waals surface area contributed by atoms with E-state index >= 15 is 0 Å². The van der Waals surface area contributed by atoms with E-state index in [0.717, 1.165) is 5.69 Å². The number of halogens is 2. The van der Waals surface area contributed by atoms with Crippen LogP contribution in [0.5, 0.6) is 5.75 Å². The molecule has 0 radical (unpaired) electrons. The van der Waals surface area contributed by atoms with E-state index in [2.05, 4.69) is 20.9 Å². The standard InChI is InChI=1S/C11H10BrFN2O/c1-15-7-14-5-9(15)6-16-11-3-2-8(13)4-10(11)12/h2-5,7H,6H2,1H3. The smallest absolute Gasteiger partial charge is 0.134 e. The summed E-state index contributed by atoms with van der Waals surface area (Å²) in [7, 11) is 1.89. The molecule has 84 valence electrons. The van der Waals surface area contributed by atoms with Gasteiger partial charge in [-0.05, 0) is 34.1 Å². The fourth-order valence-electron chi connectivity index (χ4n) is 1.27. The Kier molecular flexibility index (Phi) is 3.24. The minimum atomic E-state index is -0.292. The predicted octanol–water partition coefficient (Wildman–Crippen LogP) is 2.90. The van der Waals surface area contributed by atoms with E-state index in [1.54, 1.807) is 18.6 Å². The minimum absolute atomic E-state index is 0.292. The monoisotopic (exact) mass is 284 g/mol. The molecule has 16 heavy (non-hydrogen) atoms. The summed E-state index contributed by atoms with van der Waals surface area (Å²) in [6, 6.07) is 4.33. The number of ether oxygens (including phenoxy) is 1. The summed E-state index contributed by atoms with van der Waals surface area (Å²) < 4.78 is 20.8. The number of benzene rings is 1. The molecular weight excluding hydrogens is 275 g/mol. The highest BCUT2D eigenvalue weighted by molar-refractivity contribution is 9.10. The maximum Gasteiger partial charge on any atom is 0.134 e. The zero-order valence-electron chi connectivity index (χ0n) is 8.65. The van der Waals surface area contributed by atoms with Gasteiger partial charge >= 0.3 is 0 Å². The zero-order valence-corrected chi connectivity index (χ0v) is 10.2. The van der Waals surface area contributed by atoms with Crippen LogP contribution in [-0.4, -0.2) is 9.55 Å². The molecule has 0 unspecified atom stereocenters. The van der Waals surface area contributed by atoms with Crippen molar-refractivity contribution in [2.24, 2.45) is 7.05 Å². The molecule has 5 heteroatoms. The maximum absolute atomic E-state index is 12.8. The molecule has 0 atom stereocenters. The lowest BCUT2D eigenvalue weighted by Gasteiger charge is -2.08. The number of hydrogen-bond donors (Lipinski definition) is 0. The Morgan fingerprint density at radius 1 is 1.50 bits per heavy atom. The highest BCUT2D eigenvalue weighted by atomic mass is 79.9. The first kappa shape index (κ1) is 11.1. The van der Waals surface area contributed by atoms with Crippen LogP contribution in [-0.2, 0) is 13.7 Å². The molecule has 1 aromatic carbocycles. The van der Waals surface area contributed by atoms with E-state index in [0.29, 0.717) is 16.8 Å². The second kappa shape index (κ2) is 4.65. The third kappa shape index (κ3) is 2.41. The molecule has 0 N–H and O–H groups in total. The van der Waals surface area contributed by atoms with Gasteiger partial charge in [0, 0.05) is 7.05 Å². The Morgan fingerprint density at radius 2 is 2.31 bits per heavy atom. The summed E-state index contributed by atoms with van der Waals surface area (Å²) in [5.74, 6) is 0.322. The molecule has 1 aromatic heterocycles. The van der Waals surface area contributed by atoms with Crippen LogP contribution < -0.4 is 4.74 Å². The van der Waals surface area contributed by atoms with Crippen molar-refractivity contribution in [3.63, 3.8) is 0 Å². The van der Waals surface area contributed by atoms with Crippen LogP contribution in [0.3, 0.4) is 0 Å². The van der Waals surface area contributed by atoms with Crippen molar-refractivity contribution in [2.75, 3.05) is 0 Å². The van der Waals surface area contributed by atoms with Gasteiger partial charge in [0.1, 0.15) is 18.2 Å². The Hall–Kier alpha value is -1.36. The summed E-state index contributed by atoms with van der Waals surface area (Å²) in [6.45, 7) is 0.404. The number of imidazole rings is 1. The highest BCUT2D eigenvalue weighted by Gasteiger charge is 2.04. The lowest BCUT2D eigenvalue weighted by Crippen LogP contribution is -2.01. The summed E-state index contributed by atoms with van der Waals surface area (Å²) in [4.78, 5) is 3.98. The van der Waals surface area contributed by atoms with E-state index in [1.807, 2.05) is 11.6 Å². The Morgan fingerprint density at radius 3 is 2.94 bits per heavy atom. The van der Waals surface area contributed by atoms with Gasteiger partial charge in [-0.3, -0.25) is 0 Å². The molecule has 0 aliphatic heterocycles. The van der Waals surface area contributed by atoms with Gasteiger partial charge in [-0.15, -0.1) is 0 Å². The molecule has 1 heterocycles. The van der Waals surface area contributed by atoms with Gasteiger partial charge in [-0.1, -0.05) is 0 Å². The third-order valence-corrected chi connectivity index (χ3v) is 2.81. The predicted molar refractivity (Wildman–Crippen MR) is 61.6 cm³/mol. The second-order valence-electron chi connectivity index (χ2n) is 3.36. The van der Waals surface area contributed by atoms with Crippen LogP contribution in [0.4, 0.5) is 4.39 Å². The van der Waals surface area contributed by atoms with Gasteiger partial charge in [-0.25, -0.2) is 9.37 Å². The lowest BCUT2D eigenvalue weighted by atomic mass is 10.3. The first-order chi connectivity index (χ1) is 7.66. The van der Waals surface area contributed by atoms with Crippen molar-refractivity contribution in [2.45, 2.75) is 6.61 Å². The van der Waals surface area contributed by atoms with Crippen molar-refractivity contribution >= 4 is 15.9 Å². The van der Waals surface area contributed by atoms with Gasteiger partial charge in [-0.2, -0.15) is 0 Å². The van der Waals surface area contributed by atoms with E-state index in [9.17, 15) is 4.39 Å². The van der Waals surface area contributed by atoms with Gasteiger partial charge in [0.15, 0.2) is 0 Å². The average Bonchev–Trinajstić information content (AvgIpc) is 2.63. The fourth-order valence-corrected chi connectivity index (χ4v) is 1.73. The first-order valence-corrected chi connectivity index (χ1v) is 5.49. The van der Waals surface area contributed by atoms with Gasteiger partial charge in [0.05, 0.1) is 22.7 Å². The molecule has 0 bridgehead atoms. The summed E-state index contributed by atoms with van der Waals surface area (Å²) in [6.07, 6.45) is 3.44. The lowest BCUT2D eigenvalue weighted by molar-refractivity contribution is 0.294. The molecule has 0 spiro atoms. The highest BCUT2D eigenvalue weighted by Crippen LogP contribution is 2.26. The van der Waals surface area contributed by atoms with Crippen LogP contribution in [0.25, 0.3) is 0 Å². The van der Waals surface area contributed by atoms with Crippen LogP contribution in [0, 0.1) is 5.82 Å². The fraction of sp³-hybridized carbons (Fsp3) is 0.182. The van der Waals surface area contributed by atoms with Crippen LogP contribution in [0.1, 0.15) is 5.69 Å². The molecule has 2 rings (SSSR count). The van der Waals surface area contributed by atoms with Gasteiger partial charge in [0.25, 0.3) is 0 Å². The average molecular weight is 285 g/mol. The van der Waals surface area contributed by atoms with Gasteiger partial charge < -0.3 is 9.30 Å². The number of rotatable bonds is 3. The van der Waals surface area contributed by atoms with E-state index < -0.39 is 0 Å². The first-order valence-electron chi connectivity index (χ1n) is 4.70. The number of hydrogen-bond acceptors (Lipinski definition) is 2. The Bertz CT molecular complexity index is 498. The number of aryl methyl sites for hydroxylation is 1. The summed E-state index contributed by atoms with van der Waals surface area (Å²) >= 11 is 3.24. The zero-order chi connectivity index (χ0) is 11.5. The van der Waals surface area contributed by atoms with Gasteiger partial charge in [0.2, 0.25) is 0 Å². The van der Waals surface area contributed by atoms with Crippen LogP contribution in [0.2, 0.25) is 0 Å². The molecule has 0 fully saturated rings. The third-order valence-electron chi connectivity index (χ3n) is 2.19. The quantitative estimate of drug-likeness (QED) is 0.867. The van der Waals surface area contributed by atoms with Crippen LogP contribution >= 0.6 is 15.9 Å². The second-order valence-corrected chi connectivity index (χ2v) is 4.21. The molecule has 0 amide bonds. The number of nitrogens with zero attached hydrogens (tertiary/aromatic N) is 2. The normalized spacial score (nSPS) is 10.4. The molecule has 0 aliphatic carbocycles. The SMILES string of the molecule is Cn1cncc1COc1ccc(F)cc1Br. The Balaban J connectivity index is 2.08. The molecule has 2 aromatic rings.